The number of hydrogen-bond donors (Lipinski definition) is 0. The van der Waals surface area contributed by atoms with Crippen LogP contribution in [-0.2, 0) is 0 Å². The summed E-state index contributed by atoms with van der Waals surface area (Å²) in [6.45, 7) is 0. The molecule has 4 aliphatic rings. The molecule has 0 spiro atoms. The van der Waals surface area contributed by atoms with E-state index in [1.807, 2.05) is 6.07 Å². The molecule has 20 heavy (non-hydrogen) atoms. The molecule has 1 aromatic carbocycles. The molecular weight excluding hydrogens is 244 g/mol. The first-order chi connectivity index (χ1) is 9.90. The van der Waals surface area contributed by atoms with E-state index < -0.39 is 0 Å². The van der Waals surface area contributed by atoms with Crippen molar-refractivity contribution in [2.75, 3.05) is 0 Å². The number of allylic oxidation sites excluding steroid dienone is 7. The van der Waals surface area contributed by atoms with Crippen LogP contribution in [0, 0.1) is 0 Å². The van der Waals surface area contributed by atoms with E-state index in [0.29, 0.717) is 0 Å². The second-order valence-corrected chi connectivity index (χ2v) is 5.45. The highest BCUT2D eigenvalue weighted by Crippen LogP contribution is 2.44. The van der Waals surface area contributed by atoms with Crippen LogP contribution in [0.2, 0.25) is 0 Å². The van der Waals surface area contributed by atoms with Crippen molar-refractivity contribution in [2.24, 2.45) is 9.98 Å². The van der Waals surface area contributed by atoms with Gasteiger partial charge in [-0.05, 0) is 17.7 Å². The molecule has 0 aromatic heterocycles. The Kier molecular flexibility index (Phi) is 1.83. The maximum Gasteiger partial charge on any atom is 0.0712 e. The fraction of sp³-hybridized carbons (Fsp3) is 0.111. The molecule has 2 heteroatoms. The lowest BCUT2D eigenvalue weighted by atomic mass is 9.87. The second-order valence-electron chi connectivity index (χ2n) is 5.45. The summed E-state index contributed by atoms with van der Waals surface area (Å²) in [6, 6.07) is 8.37. The van der Waals surface area contributed by atoms with Crippen LogP contribution in [0.4, 0.5) is 5.69 Å². The van der Waals surface area contributed by atoms with E-state index in [-0.39, 0.29) is 0 Å². The Balaban J connectivity index is 1.69. The second kappa shape index (κ2) is 3.54. The number of para-hydroxylation sites is 1. The average Bonchev–Trinajstić information content (AvgIpc) is 3.02. The van der Waals surface area contributed by atoms with Gasteiger partial charge < -0.3 is 0 Å². The standard InChI is InChI=1S/C18H12N2/c1-3-7-15-11(5-1)13-9-18-14(10-17(13)19-15)12-6-2-4-8-16(12)20-18/h1-7,9H,8,10H2. The highest BCUT2D eigenvalue weighted by Gasteiger charge is 2.31. The van der Waals surface area contributed by atoms with Gasteiger partial charge in [0.05, 0.1) is 22.8 Å². The zero-order valence-electron chi connectivity index (χ0n) is 10.9. The molecule has 2 aliphatic carbocycles. The van der Waals surface area contributed by atoms with Gasteiger partial charge in [0.2, 0.25) is 0 Å². The predicted octanol–water partition coefficient (Wildman–Crippen LogP) is 4.15. The van der Waals surface area contributed by atoms with Gasteiger partial charge in [-0.15, -0.1) is 0 Å². The summed E-state index contributed by atoms with van der Waals surface area (Å²) < 4.78 is 0. The number of aliphatic imine (C=N–C) groups is 2. The van der Waals surface area contributed by atoms with Crippen LogP contribution >= 0.6 is 0 Å². The highest BCUT2D eigenvalue weighted by atomic mass is 14.8. The highest BCUT2D eigenvalue weighted by molar-refractivity contribution is 6.32. The van der Waals surface area contributed by atoms with Crippen molar-refractivity contribution >= 4 is 22.7 Å². The fourth-order valence-corrected chi connectivity index (χ4v) is 3.35. The lowest BCUT2D eigenvalue weighted by Gasteiger charge is -2.15. The van der Waals surface area contributed by atoms with Gasteiger partial charge in [-0.1, -0.05) is 36.4 Å². The monoisotopic (exact) mass is 256 g/mol. The summed E-state index contributed by atoms with van der Waals surface area (Å²) in [4.78, 5) is 9.60. The molecule has 94 valence electrons. The van der Waals surface area contributed by atoms with Crippen molar-refractivity contribution in [3.05, 3.63) is 71.0 Å². The molecule has 0 fully saturated rings. The first kappa shape index (κ1) is 10.3. The summed E-state index contributed by atoms with van der Waals surface area (Å²) in [5.74, 6) is 0. The topological polar surface area (TPSA) is 24.7 Å². The number of fused-ring (bicyclic) bond motifs is 5. The van der Waals surface area contributed by atoms with Crippen LogP contribution in [0.15, 0.2) is 75.4 Å². The van der Waals surface area contributed by atoms with Crippen molar-refractivity contribution in [3.8, 4) is 0 Å². The number of benzene rings is 1. The van der Waals surface area contributed by atoms with Crippen molar-refractivity contribution in [3.63, 3.8) is 0 Å². The van der Waals surface area contributed by atoms with E-state index in [9.17, 15) is 0 Å². The van der Waals surface area contributed by atoms with Crippen LogP contribution in [-0.4, -0.2) is 11.4 Å². The van der Waals surface area contributed by atoms with Crippen LogP contribution in [0.1, 0.15) is 18.4 Å². The summed E-state index contributed by atoms with van der Waals surface area (Å²) in [5.41, 5.74) is 9.81. The molecule has 0 saturated carbocycles. The van der Waals surface area contributed by atoms with Crippen LogP contribution < -0.4 is 0 Å². The van der Waals surface area contributed by atoms with Gasteiger partial charge in [0.1, 0.15) is 0 Å². The predicted molar refractivity (Wildman–Crippen MR) is 82.4 cm³/mol. The minimum absolute atomic E-state index is 0.905. The van der Waals surface area contributed by atoms with Gasteiger partial charge in [-0.25, -0.2) is 0 Å². The zero-order chi connectivity index (χ0) is 13.1. The molecule has 0 radical (unpaired) electrons. The Labute approximate surface area is 117 Å². The van der Waals surface area contributed by atoms with Crippen LogP contribution in [0.3, 0.4) is 0 Å². The molecule has 2 nitrogen and oxygen atoms in total. The van der Waals surface area contributed by atoms with E-state index in [0.717, 1.165) is 24.2 Å². The van der Waals surface area contributed by atoms with Crippen molar-refractivity contribution in [1.82, 2.24) is 0 Å². The average molecular weight is 256 g/mol. The third-order valence-electron chi connectivity index (χ3n) is 4.30. The van der Waals surface area contributed by atoms with Gasteiger partial charge in [-0.3, -0.25) is 9.98 Å². The van der Waals surface area contributed by atoms with Crippen LogP contribution in [0.25, 0.3) is 5.57 Å². The fourth-order valence-electron chi connectivity index (χ4n) is 3.35. The third kappa shape index (κ3) is 1.23. The molecule has 5 rings (SSSR count). The maximum absolute atomic E-state index is 4.81. The molecule has 2 aliphatic heterocycles. The Morgan fingerprint density at radius 1 is 0.950 bits per heavy atom. The molecular formula is C18H12N2. The lowest BCUT2D eigenvalue weighted by molar-refractivity contribution is 1.25. The number of rotatable bonds is 0. The normalized spacial score (nSPS) is 21.4. The SMILES string of the molecule is C1=CCC2=NC3=C(CC4=Nc5ccccc5C4=C3)C2=C1. The van der Waals surface area contributed by atoms with E-state index in [1.165, 1.54) is 33.7 Å². The Morgan fingerprint density at radius 2 is 1.90 bits per heavy atom. The Hall–Kier alpha value is -2.48. The molecule has 0 saturated heterocycles. The van der Waals surface area contributed by atoms with Crippen molar-refractivity contribution in [1.29, 1.82) is 0 Å². The van der Waals surface area contributed by atoms with E-state index in [2.05, 4.69) is 42.5 Å². The smallest absolute Gasteiger partial charge is 0.0712 e. The zero-order valence-corrected chi connectivity index (χ0v) is 10.9. The summed E-state index contributed by atoms with van der Waals surface area (Å²) >= 11 is 0. The summed E-state index contributed by atoms with van der Waals surface area (Å²) in [5, 5.41) is 0. The van der Waals surface area contributed by atoms with Gasteiger partial charge in [-0.2, -0.15) is 0 Å². The van der Waals surface area contributed by atoms with Crippen LogP contribution in [0.5, 0.6) is 0 Å². The minimum atomic E-state index is 0.905. The van der Waals surface area contributed by atoms with E-state index in [4.69, 9.17) is 9.98 Å². The Morgan fingerprint density at radius 3 is 2.90 bits per heavy atom. The molecule has 0 N–H and O–H groups in total. The number of hydrogen-bond acceptors (Lipinski definition) is 2. The first-order valence-electron chi connectivity index (χ1n) is 6.97. The van der Waals surface area contributed by atoms with Gasteiger partial charge >= 0.3 is 0 Å². The summed E-state index contributed by atoms with van der Waals surface area (Å²) in [7, 11) is 0. The van der Waals surface area contributed by atoms with Gasteiger partial charge in [0.25, 0.3) is 0 Å². The molecule has 0 unspecified atom stereocenters. The molecule has 0 atom stereocenters. The lowest BCUT2D eigenvalue weighted by Crippen LogP contribution is -2.08. The van der Waals surface area contributed by atoms with Crippen molar-refractivity contribution < 1.29 is 0 Å². The molecule has 1 aromatic rings. The van der Waals surface area contributed by atoms with Gasteiger partial charge in [0.15, 0.2) is 0 Å². The van der Waals surface area contributed by atoms with E-state index >= 15 is 0 Å². The first-order valence-corrected chi connectivity index (χ1v) is 6.97. The molecule has 0 bridgehead atoms. The van der Waals surface area contributed by atoms with Crippen molar-refractivity contribution in [2.45, 2.75) is 12.8 Å². The number of nitrogens with zero attached hydrogens (tertiary/aromatic N) is 2. The summed E-state index contributed by atoms with van der Waals surface area (Å²) in [6.07, 6.45) is 10.6. The Bertz CT molecular complexity index is 842. The quantitative estimate of drug-likeness (QED) is 0.666. The minimum Gasteiger partial charge on any atom is -0.252 e. The van der Waals surface area contributed by atoms with E-state index in [1.54, 1.807) is 0 Å². The molecule has 2 heterocycles. The largest absolute Gasteiger partial charge is 0.252 e. The van der Waals surface area contributed by atoms with Gasteiger partial charge in [0, 0.05) is 29.6 Å². The molecule has 0 amide bonds. The third-order valence-corrected chi connectivity index (χ3v) is 4.30. The maximum atomic E-state index is 4.81.